The van der Waals surface area contributed by atoms with Gasteiger partial charge in [-0.15, -0.1) is 0 Å². The van der Waals surface area contributed by atoms with Gasteiger partial charge in [-0.2, -0.15) is 0 Å². The van der Waals surface area contributed by atoms with E-state index in [1.54, 1.807) is 6.26 Å². The van der Waals surface area contributed by atoms with Crippen molar-refractivity contribution in [2.24, 2.45) is 0 Å². The van der Waals surface area contributed by atoms with Crippen LogP contribution in [-0.4, -0.2) is 11.7 Å². The zero-order valence-electron chi connectivity index (χ0n) is 12.0. The summed E-state index contributed by atoms with van der Waals surface area (Å²) in [6.07, 6.45) is 6.17. The SMILES string of the molecule is OC1(CC2CCOc3ccccc32)CCCc2occc21. The molecule has 1 aromatic carbocycles. The molecule has 1 N–H and O–H groups in total. The smallest absolute Gasteiger partial charge is 0.122 e. The van der Waals surface area contributed by atoms with Crippen LogP contribution in [0.4, 0.5) is 0 Å². The zero-order chi connectivity index (χ0) is 14.3. The topological polar surface area (TPSA) is 42.6 Å². The van der Waals surface area contributed by atoms with Gasteiger partial charge in [0.05, 0.1) is 18.5 Å². The molecule has 0 amide bonds. The van der Waals surface area contributed by atoms with Crippen molar-refractivity contribution < 1.29 is 14.3 Å². The van der Waals surface area contributed by atoms with Gasteiger partial charge >= 0.3 is 0 Å². The largest absolute Gasteiger partial charge is 0.493 e. The molecule has 3 heteroatoms. The fourth-order valence-corrected chi connectivity index (χ4v) is 3.87. The molecule has 0 saturated heterocycles. The van der Waals surface area contributed by atoms with E-state index >= 15 is 0 Å². The van der Waals surface area contributed by atoms with E-state index in [4.69, 9.17) is 9.15 Å². The zero-order valence-corrected chi connectivity index (χ0v) is 12.0. The number of ether oxygens (including phenoxy) is 1. The van der Waals surface area contributed by atoms with Gasteiger partial charge in [-0.05, 0) is 49.3 Å². The number of aryl methyl sites for hydroxylation is 1. The minimum absolute atomic E-state index is 0.348. The molecule has 0 bridgehead atoms. The number of hydrogen-bond acceptors (Lipinski definition) is 3. The Morgan fingerprint density at radius 3 is 3.10 bits per heavy atom. The Morgan fingerprint density at radius 2 is 2.14 bits per heavy atom. The van der Waals surface area contributed by atoms with Crippen LogP contribution in [0.15, 0.2) is 41.0 Å². The summed E-state index contributed by atoms with van der Waals surface area (Å²) in [5.41, 5.74) is 1.47. The summed E-state index contributed by atoms with van der Waals surface area (Å²) in [5, 5.41) is 11.2. The Balaban J connectivity index is 1.66. The molecule has 1 aromatic heterocycles. The van der Waals surface area contributed by atoms with Gasteiger partial charge < -0.3 is 14.3 Å². The van der Waals surface area contributed by atoms with Crippen molar-refractivity contribution in [3.05, 3.63) is 53.5 Å². The van der Waals surface area contributed by atoms with Gasteiger partial charge in [-0.25, -0.2) is 0 Å². The lowest BCUT2D eigenvalue weighted by atomic mass is 9.74. The third kappa shape index (κ3) is 2.16. The van der Waals surface area contributed by atoms with Crippen LogP contribution in [0.1, 0.15) is 48.5 Å². The average Bonchev–Trinajstić information content (AvgIpc) is 2.98. The molecule has 2 atom stereocenters. The van der Waals surface area contributed by atoms with E-state index in [0.717, 1.165) is 55.8 Å². The van der Waals surface area contributed by atoms with E-state index in [0.29, 0.717) is 5.92 Å². The molecule has 0 radical (unpaired) electrons. The summed E-state index contributed by atoms with van der Waals surface area (Å²) in [5.74, 6) is 2.28. The Morgan fingerprint density at radius 1 is 1.24 bits per heavy atom. The number of rotatable bonds is 2. The van der Waals surface area contributed by atoms with E-state index in [1.165, 1.54) is 5.56 Å². The van der Waals surface area contributed by atoms with E-state index in [-0.39, 0.29) is 0 Å². The van der Waals surface area contributed by atoms with Crippen LogP contribution in [0.3, 0.4) is 0 Å². The molecule has 0 spiro atoms. The van der Waals surface area contributed by atoms with Gasteiger partial charge in [-0.3, -0.25) is 0 Å². The first-order valence-electron chi connectivity index (χ1n) is 7.77. The Labute approximate surface area is 124 Å². The molecule has 3 nitrogen and oxygen atoms in total. The van der Waals surface area contributed by atoms with Gasteiger partial charge in [0, 0.05) is 12.0 Å². The second-order valence-electron chi connectivity index (χ2n) is 6.22. The standard InChI is InChI=1S/C18H20O3/c19-18(9-3-6-17-15(18)8-11-21-17)12-13-7-10-20-16-5-2-1-4-14(13)16/h1-2,4-5,8,11,13,19H,3,6-7,9-10,12H2. The van der Waals surface area contributed by atoms with Gasteiger partial charge in [0.15, 0.2) is 0 Å². The van der Waals surface area contributed by atoms with Crippen molar-refractivity contribution in [3.63, 3.8) is 0 Å². The highest BCUT2D eigenvalue weighted by atomic mass is 16.5. The number of aliphatic hydroxyl groups is 1. The summed E-state index contributed by atoms with van der Waals surface area (Å²) in [6, 6.07) is 10.1. The van der Waals surface area contributed by atoms with Crippen molar-refractivity contribution in [1.29, 1.82) is 0 Å². The van der Waals surface area contributed by atoms with E-state index in [1.807, 2.05) is 18.2 Å². The molecule has 2 aliphatic rings. The maximum atomic E-state index is 11.2. The van der Waals surface area contributed by atoms with E-state index in [9.17, 15) is 5.11 Å². The highest BCUT2D eigenvalue weighted by Crippen LogP contribution is 2.46. The van der Waals surface area contributed by atoms with Gasteiger partial charge in [0.2, 0.25) is 0 Å². The van der Waals surface area contributed by atoms with Crippen LogP contribution in [0.2, 0.25) is 0 Å². The summed E-state index contributed by atoms with van der Waals surface area (Å²) >= 11 is 0. The van der Waals surface area contributed by atoms with Crippen molar-refractivity contribution in [2.45, 2.75) is 43.6 Å². The summed E-state index contributed by atoms with van der Waals surface area (Å²) in [4.78, 5) is 0. The molecular formula is C18H20O3. The lowest BCUT2D eigenvalue weighted by Crippen LogP contribution is -2.33. The van der Waals surface area contributed by atoms with Crippen LogP contribution < -0.4 is 4.74 Å². The molecular weight excluding hydrogens is 264 g/mol. The highest BCUT2D eigenvalue weighted by Gasteiger charge is 2.39. The highest BCUT2D eigenvalue weighted by molar-refractivity contribution is 5.39. The second kappa shape index (κ2) is 4.92. The van der Waals surface area contributed by atoms with Gasteiger partial charge in [-0.1, -0.05) is 18.2 Å². The number of hydrogen-bond donors (Lipinski definition) is 1. The maximum Gasteiger partial charge on any atom is 0.122 e. The van der Waals surface area contributed by atoms with E-state index in [2.05, 4.69) is 12.1 Å². The third-order valence-electron chi connectivity index (χ3n) is 4.91. The van der Waals surface area contributed by atoms with E-state index < -0.39 is 5.60 Å². The molecule has 0 saturated carbocycles. The van der Waals surface area contributed by atoms with Crippen molar-refractivity contribution in [1.82, 2.24) is 0 Å². The predicted octanol–water partition coefficient (Wildman–Crippen LogP) is 3.76. The number of benzene rings is 1. The number of para-hydroxylation sites is 1. The minimum Gasteiger partial charge on any atom is -0.493 e. The normalized spacial score (nSPS) is 27.6. The van der Waals surface area contributed by atoms with Crippen molar-refractivity contribution in [3.8, 4) is 5.75 Å². The molecule has 1 aliphatic heterocycles. The third-order valence-corrected chi connectivity index (χ3v) is 4.91. The van der Waals surface area contributed by atoms with Gasteiger partial charge in [0.1, 0.15) is 11.5 Å². The second-order valence-corrected chi connectivity index (χ2v) is 6.22. The Bertz CT molecular complexity index is 645. The molecule has 0 fully saturated rings. The lowest BCUT2D eigenvalue weighted by molar-refractivity contribution is -0.00215. The molecule has 2 aromatic rings. The van der Waals surface area contributed by atoms with Crippen molar-refractivity contribution >= 4 is 0 Å². The van der Waals surface area contributed by atoms with Crippen LogP contribution in [0.25, 0.3) is 0 Å². The van der Waals surface area contributed by atoms with Crippen molar-refractivity contribution in [2.75, 3.05) is 6.61 Å². The molecule has 2 heterocycles. The van der Waals surface area contributed by atoms with Crippen LogP contribution >= 0.6 is 0 Å². The summed E-state index contributed by atoms with van der Waals surface area (Å²) < 4.78 is 11.3. The molecule has 110 valence electrons. The summed E-state index contributed by atoms with van der Waals surface area (Å²) in [6.45, 7) is 0.732. The van der Waals surface area contributed by atoms with Gasteiger partial charge in [0.25, 0.3) is 0 Å². The monoisotopic (exact) mass is 284 g/mol. The Kier molecular flexibility index (Phi) is 3.03. The lowest BCUT2D eigenvalue weighted by Gasteiger charge is -2.36. The molecule has 2 unspecified atom stereocenters. The number of fused-ring (bicyclic) bond motifs is 2. The van der Waals surface area contributed by atoms with Crippen LogP contribution in [0, 0.1) is 0 Å². The first kappa shape index (κ1) is 13.0. The Hall–Kier alpha value is -1.74. The molecule has 4 rings (SSSR count). The summed E-state index contributed by atoms with van der Waals surface area (Å²) in [7, 11) is 0. The number of furan rings is 1. The molecule has 21 heavy (non-hydrogen) atoms. The first-order valence-corrected chi connectivity index (χ1v) is 7.77. The predicted molar refractivity (Wildman–Crippen MR) is 79.5 cm³/mol. The first-order chi connectivity index (χ1) is 10.3. The average molecular weight is 284 g/mol. The van der Waals surface area contributed by atoms with Crippen LogP contribution in [-0.2, 0) is 12.0 Å². The quantitative estimate of drug-likeness (QED) is 0.913. The maximum absolute atomic E-state index is 11.2. The molecule has 1 aliphatic carbocycles. The minimum atomic E-state index is -0.754. The fraction of sp³-hybridized carbons (Fsp3) is 0.444. The van der Waals surface area contributed by atoms with Crippen LogP contribution in [0.5, 0.6) is 5.75 Å². The fourth-order valence-electron chi connectivity index (χ4n) is 3.87.